The van der Waals surface area contributed by atoms with Crippen molar-refractivity contribution >= 4 is 12.6 Å². The van der Waals surface area contributed by atoms with Gasteiger partial charge >= 0.3 is 0 Å². The Balaban J connectivity index is 2.20. The normalized spacial score (nSPS) is 26.0. The Kier molecular flexibility index (Phi) is 5.04. The Labute approximate surface area is 80.7 Å². The summed E-state index contributed by atoms with van der Waals surface area (Å²) in [5.74, 6) is 0.957. The summed E-state index contributed by atoms with van der Waals surface area (Å²) >= 11 is 4.23. The average Bonchev–Trinajstić information content (AvgIpc) is 2.06. The number of likely N-dealkylation sites (tertiary alicyclic amines) is 1. The van der Waals surface area contributed by atoms with Crippen molar-refractivity contribution < 1.29 is 4.74 Å². The fourth-order valence-electron chi connectivity index (χ4n) is 1.73. The third kappa shape index (κ3) is 3.33. The van der Waals surface area contributed by atoms with Gasteiger partial charge in [-0.3, -0.25) is 4.90 Å². The van der Waals surface area contributed by atoms with Crippen molar-refractivity contribution in [3.63, 3.8) is 0 Å². The summed E-state index contributed by atoms with van der Waals surface area (Å²) in [7, 11) is 0. The zero-order valence-corrected chi connectivity index (χ0v) is 8.72. The standard InChI is InChI=1S/C9H19NOS/c1-2-11-9-4-3-5-10(8-9)6-7-12/h9,12H,2-8H2,1H3. The van der Waals surface area contributed by atoms with Crippen molar-refractivity contribution in [1.29, 1.82) is 0 Å². The van der Waals surface area contributed by atoms with Crippen LogP contribution in [0, 0.1) is 0 Å². The molecule has 0 aromatic rings. The lowest BCUT2D eigenvalue weighted by Gasteiger charge is -2.31. The predicted molar refractivity (Wildman–Crippen MR) is 54.9 cm³/mol. The third-order valence-electron chi connectivity index (χ3n) is 2.28. The van der Waals surface area contributed by atoms with Gasteiger partial charge in [-0.15, -0.1) is 0 Å². The Hall–Kier alpha value is 0.270. The van der Waals surface area contributed by atoms with E-state index in [0.717, 1.165) is 25.4 Å². The molecule has 0 N–H and O–H groups in total. The Morgan fingerprint density at radius 2 is 2.42 bits per heavy atom. The van der Waals surface area contributed by atoms with E-state index in [1.165, 1.54) is 19.4 Å². The lowest BCUT2D eigenvalue weighted by atomic mass is 10.1. The molecule has 1 rings (SSSR count). The molecule has 1 fully saturated rings. The molecule has 0 amide bonds. The minimum absolute atomic E-state index is 0.476. The molecule has 72 valence electrons. The van der Waals surface area contributed by atoms with Crippen LogP contribution in [-0.4, -0.2) is 43.0 Å². The summed E-state index contributed by atoms with van der Waals surface area (Å²) < 4.78 is 5.59. The van der Waals surface area contributed by atoms with Gasteiger partial charge in [-0.05, 0) is 26.3 Å². The van der Waals surface area contributed by atoms with Gasteiger partial charge in [0.05, 0.1) is 6.10 Å². The Morgan fingerprint density at radius 1 is 1.58 bits per heavy atom. The third-order valence-corrected chi connectivity index (χ3v) is 2.48. The molecule has 1 atom stereocenters. The van der Waals surface area contributed by atoms with Crippen LogP contribution in [0.1, 0.15) is 19.8 Å². The van der Waals surface area contributed by atoms with E-state index in [1.807, 2.05) is 0 Å². The van der Waals surface area contributed by atoms with Gasteiger partial charge in [0.15, 0.2) is 0 Å². The molecule has 0 saturated carbocycles. The zero-order valence-electron chi connectivity index (χ0n) is 7.83. The number of thiol groups is 1. The van der Waals surface area contributed by atoms with Crippen LogP contribution < -0.4 is 0 Å². The lowest BCUT2D eigenvalue weighted by molar-refractivity contribution is 0.00784. The number of hydrogen-bond donors (Lipinski definition) is 1. The van der Waals surface area contributed by atoms with Gasteiger partial charge in [-0.25, -0.2) is 0 Å². The van der Waals surface area contributed by atoms with Crippen molar-refractivity contribution in [1.82, 2.24) is 4.90 Å². The van der Waals surface area contributed by atoms with Crippen LogP contribution in [0.15, 0.2) is 0 Å². The van der Waals surface area contributed by atoms with Gasteiger partial charge < -0.3 is 4.74 Å². The van der Waals surface area contributed by atoms with Crippen LogP contribution in [0.3, 0.4) is 0 Å². The Bertz CT molecular complexity index is 105. The van der Waals surface area contributed by atoms with E-state index >= 15 is 0 Å². The maximum Gasteiger partial charge on any atom is 0.0702 e. The van der Waals surface area contributed by atoms with Gasteiger partial charge in [0, 0.05) is 25.4 Å². The summed E-state index contributed by atoms with van der Waals surface area (Å²) in [5, 5.41) is 0. The largest absolute Gasteiger partial charge is 0.377 e. The van der Waals surface area contributed by atoms with Crippen molar-refractivity contribution in [2.24, 2.45) is 0 Å². The number of piperidine rings is 1. The first-order valence-electron chi connectivity index (χ1n) is 4.81. The number of ether oxygens (including phenoxy) is 1. The van der Waals surface area contributed by atoms with Crippen LogP contribution in [0.5, 0.6) is 0 Å². The maximum absolute atomic E-state index is 5.59. The van der Waals surface area contributed by atoms with Crippen LogP contribution in [-0.2, 0) is 4.74 Å². The highest BCUT2D eigenvalue weighted by atomic mass is 32.1. The van der Waals surface area contributed by atoms with Crippen molar-refractivity contribution in [2.75, 3.05) is 32.0 Å². The smallest absolute Gasteiger partial charge is 0.0702 e. The van der Waals surface area contributed by atoms with Crippen LogP contribution in [0.2, 0.25) is 0 Å². The van der Waals surface area contributed by atoms with E-state index in [4.69, 9.17) is 4.74 Å². The zero-order chi connectivity index (χ0) is 8.81. The van der Waals surface area contributed by atoms with E-state index in [-0.39, 0.29) is 0 Å². The molecule has 0 aliphatic carbocycles. The van der Waals surface area contributed by atoms with E-state index in [2.05, 4.69) is 24.5 Å². The molecule has 1 aliphatic rings. The summed E-state index contributed by atoms with van der Waals surface area (Å²) in [6, 6.07) is 0. The van der Waals surface area contributed by atoms with Gasteiger partial charge in [0.2, 0.25) is 0 Å². The van der Waals surface area contributed by atoms with Crippen molar-refractivity contribution in [2.45, 2.75) is 25.9 Å². The lowest BCUT2D eigenvalue weighted by Crippen LogP contribution is -2.40. The average molecular weight is 189 g/mol. The molecule has 0 aromatic carbocycles. The summed E-state index contributed by atoms with van der Waals surface area (Å²) in [6.07, 6.45) is 2.98. The second kappa shape index (κ2) is 5.84. The molecule has 2 nitrogen and oxygen atoms in total. The quantitative estimate of drug-likeness (QED) is 0.671. The molecule has 1 aliphatic heterocycles. The first-order chi connectivity index (χ1) is 5.86. The summed E-state index contributed by atoms with van der Waals surface area (Å²) in [5.41, 5.74) is 0. The van der Waals surface area contributed by atoms with Crippen molar-refractivity contribution in [3.8, 4) is 0 Å². The summed E-state index contributed by atoms with van der Waals surface area (Å²) in [4.78, 5) is 2.44. The first kappa shape index (κ1) is 10.4. The van der Waals surface area contributed by atoms with Gasteiger partial charge in [-0.2, -0.15) is 12.6 Å². The molecule has 0 bridgehead atoms. The Morgan fingerprint density at radius 3 is 3.08 bits per heavy atom. The highest BCUT2D eigenvalue weighted by molar-refractivity contribution is 7.80. The fraction of sp³-hybridized carbons (Fsp3) is 1.00. The molecule has 1 unspecified atom stereocenters. The predicted octanol–water partition coefficient (Wildman–Crippen LogP) is 1.42. The second-order valence-electron chi connectivity index (χ2n) is 3.24. The first-order valence-corrected chi connectivity index (χ1v) is 5.45. The number of rotatable bonds is 4. The molecule has 3 heteroatoms. The van der Waals surface area contributed by atoms with E-state index in [0.29, 0.717) is 6.10 Å². The fourth-order valence-corrected chi connectivity index (χ4v) is 2.01. The minimum Gasteiger partial charge on any atom is -0.377 e. The van der Waals surface area contributed by atoms with E-state index < -0.39 is 0 Å². The molecular formula is C9H19NOS. The topological polar surface area (TPSA) is 12.5 Å². The van der Waals surface area contributed by atoms with Crippen LogP contribution >= 0.6 is 12.6 Å². The minimum atomic E-state index is 0.476. The van der Waals surface area contributed by atoms with E-state index in [9.17, 15) is 0 Å². The highest BCUT2D eigenvalue weighted by Crippen LogP contribution is 2.12. The molecule has 12 heavy (non-hydrogen) atoms. The van der Waals surface area contributed by atoms with Gasteiger partial charge in [0.1, 0.15) is 0 Å². The maximum atomic E-state index is 5.59. The number of hydrogen-bond acceptors (Lipinski definition) is 3. The SMILES string of the molecule is CCOC1CCCN(CCS)C1. The molecule has 0 aromatic heterocycles. The molecule has 0 radical (unpaired) electrons. The highest BCUT2D eigenvalue weighted by Gasteiger charge is 2.18. The monoisotopic (exact) mass is 189 g/mol. The van der Waals surface area contributed by atoms with Crippen molar-refractivity contribution in [3.05, 3.63) is 0 Å². The molecular weight excluding hydrogens is 170 g/mol. The molecule has 1 heterocycles. The molecule has 1 saturated heterocycles. The number of nitrogens with zero attached hydrogens (tertiary/aromatic N) is 1. The van der Waals surface area contributed by atoms with E-state index in [1.54, 1.807) is 0 Å². The van der Waals surface area contributed by atoms with Crippen LogP contribution in [0.25, 0.3) is 0 Å². The second-order valence-corrected chi connectivity index (χ2v) is 3.69. The summed E-state index contributed by atoms with van der Waals surface area (Å²) in [6.45, 7) is 6.35. The van der Waals surface area contributed by atoms with Gasteiger partial charge in [0.25, 0.3) is 0 Å². The van der Waals surface area contributed by atoms with Gasteiger partial charge in [-0.1, -0.05) is 0 Å². The van der Waals surface area contributed by atoms with Crippen LogP contribution in [0.4, 0.5) is 0 Å². The molecule has 0 spiro atoms.